The molecule has 0 aliphatic rings. The van der Waals surface area contributed by atoms with Crippen molar-refractivity contribution < 1.29 is 14.6 Å². The Kier molecular flexibility index (Phi) is 5.79. The van der Waals surface area contributed by atoms with Gasteiger partial charge in [-0.15, -0.1) is 0 Å². The average molecular weight is 235 g/mol. The van der Waals surface area contributed by atoms with E-state index in [4.69, 9.17) is 9.84 Å². The van der Waals surface area contributed by atoms with E-state index in [0.717, 1.165) is 30.9 Å². The number of unbranched alkanes of at least 4 members (excludes halogenated alkanes) is 2. The third kappa shape index (κ3) is 5.70. The van der Waals surface area contributed by atoms with Gasteiger partial charge in [0.25, 0.3) is 0 Å². The highest BCUT2D eigenvalue weighted by molar-refractivity contribution is 5.85. The van der Waals surface area contributed by atoms with Crippen molar-refractivity contribution in [2.45, 2.75) is 26.2 Å². The zero-order valence-electron chi connectivity index (χ0n) is 9.93. The van der Waals surface area contributed by atoms with Crippen molar-refractivity contribution >= 4 is 12.0 Å². The molecule has 0 atom stereocenters. The Labute approximate surface area is 101 Å². The summed E-state index contributed by atoms with van der Waals surface area (Å²) in [7, 11) is 0. The highest BCUT2D eigenvalue weighted by Crippen LogP contribution is 2.09. The number of rotatable bonds is 7. The Bertz CT molecular complexity index is 371. The number of carboxylic acid groups (broad SMARTS) is 1. The number of hydrogen-bond acceptors (Lipinski definition) is 3. The van der Waals surface area contributed by atoms with Crippen LogP contribution in [0, 0.1) is 0 Å². The van der Waals surface area contributed by atoms with Gasteiger partial charge < -0.3 is 9.84 Å². The van der Waals surface area contributed by atoms with Gasteiger partial charge in [-0.1, -0.05) is 19.8 Å². The number of ether oxygens (including phenoxy) is 1. The van der Waals surface area contributed by atoms with Gasteiger partial charge in [0.1, 0.15) is 0 Å². The predicted molar refractivity (Wildman–Crippen MR) is 65.9 cm³/mol. The third-order valence-corrected chi connectivity index (χ3v) is 2.18. The summed E-state index contributed by atoms with van der Waals surface area (Å²) in [5, 5.41) is 8.46. The van der Waals surface area contributed by atoms with E-state index in [-0.39, 0.29) is 0 Å². The van der Waals surface area contributed by atoms with Crippen LogP contribution in [0.5, 0.6) is 5.88 Å². The SMILES string of the molecule is CCCCCOc1ccc(/C=C/C(=O)O)cn1. The van der Waals surface area contributed by atoms with Gasteiger partial charge in [-0.25, -0.2) is 9.78 Å². The molecule has 1 aromatic heterocycles. The van der Waals surface area contributed by atoms with Crippen LogP contribution in [0.1, 0.15) is 31.7 Å². The fraction of sp³-hybridized carbons (Fsp3) is 0.385. The summed E-state index contributed by atoms with van der Waals surface area (Å²) >= 11 is 0. The van der Waals surface area contributed by atoms with Gasteiger partial charge in [0.05, 0.1) is 6.61 Å². The fourth-order valence-electron chi connectivity index (χ4n) is 1.27. The summed E-state index contributed by atoms with van der Waals surface area (Å²) in [4.78, 5) is 14.4. The van der Waals surface area contributed by atoms with Crippen molar-refractivity contribution in [2.75, 3.05) is 6.61 Å². The largest absolute Gasteiger partial charge is 0.478 e. The van der Waals surface area contributed by atoms with Crippen molar-refractivity contribution in [3.8, 4) is 5.88 Å². The number of aliphatic carboxylic acids is 1. The lowest BCUT2D eigenvalue weighted by Crippen LogP contribution is -1.98. The molecule has 4 nitrogen and oxygen atoms in total. The van der Waals surface area contributed by atoms with Crippen LogP contribution in [-0.4, -0.2) is 22.7 Å². The number of carbonyl (C=O) groups is 1. The molecule has 0 amide bonds. The third-order valence-electron chi connectivity index (χ3n) is 2.18. The van der Waals surface area contributed by atoms with Crippen LogP contribution in [-0.2, 0) is 4.79 Å². The second kappa shape index (κ2) is 7.44. The lowest BCUT2D eigenvalue weighted by Gasteiger charge is -2.04. The van der Waals surface area contributed by atoms with Gasteiger partial charge in [0.2, 0.25) is 5.88 Å². The molecule has 0 bridgehead atoms. The molecule has 1 heterocycles. The van der Waals surface area contributed by atoms with Crippen LogP contribution in [0.2, 0.25) is 0 Å². The van der Waals surface area contributed by atoms with Gasteiger partial charge in [-0.3, -0.25) is 0 Å². The Hall–Kier alpha value is -1.84. The zero-order valence-corrected chi connectivity index (χ0v) is 9.93. The molecule has 1 N–H and O–H groups in total. The van der Waals surface area contributed by atoms with Crippen LogP contribution >= 0.6 is 0 Å². The van der Waals surface area contributed by atoms with E-state index in [1.54, 1.807) is 18.3 Å². The van der Waals surface area contributed by atoms with Crippen molar-refractivity contribution in [3.63, 3.8) is 0 Å². The first kappa shape index (κ1) is 13.2. The molecule has 0 unspecified atom stereocenters. The maximum Gasteiger partial charge on any atom is 0.328 e. The minimum absolute atomic E-state index is 0.577. The first-order chi connectivity index (χ1) is 8.22. The van der Waals surface area contributed by atoms with E-state index in [9.17, 15) is 4.79 Å². The van der Waals surface area contributed by atoms with Crippen molar-refractivity contribution in [2.24, 2.45) is 0 Å². The van der Waals surface area contributed by atoms with E-state index in [2.05, 4.69) is 11.9 Å². The fourth-order valence-corrected chi connectivity index (χ4v) is 1.27. The maximum absolute atomic E-state index is 10.3. The Morgan fingerprint density at radius 3 is 2.88 bits per heavy atom. The van der Waals surface area contributed by atoms with Crippen molar-refractivity contribution in [3.05, 3.63) is 30.0 Å². The minimum Gasteiger partial charge on any atom is -0.478 e. The minimum atomic E-state index is -0.968. The molecular formula is C13H17NO3. The monoisotopic (exact) mass is 235 g/mol. The molecule has 0 radical (unpaired) electrons. The molecule has 17 heavy (non-hydrogen) atoms. The molecular weight excluding hydrogens is 218 g/mol. The summed E-state index contributed by atoms with van der Waals surface area (Å²) in [6.45, 7) is 2.81. The standard InChI is InChI=1S/C13H17NO3/c1-2-3-4-9-17-12-7-5-11(10-14-12)6-8-13(15)16/h5-8,10H,2-4,9H2,1H3,(H,15,16)/b8-6+. The maximum atomic E-state index is 10.3. The highest BCUT2D eigenvalue weighted by atomic mass is 16.5. The number of nitrogens with zero attached hydrogens (tertiary/aromatic N) is 1. The summed E-state index contributed by atoms with van der Waals surface area (Å²) in [6, 6.07) is 3.52. The molecule has 0 aliphatic carbocycles. The topological polar surface area (TPSA) is 59.4 Å². The average Bonchev–Trinajstić information content (AvgIpc) is 2.33. The van der Waals surface area contributed by atoms with E-state index in [1.807, 2.05) is 0 Å². The van der Waals surface area contributed by atoms with E-state index >= 15 is 0 Å². The van der Waals surface area contributed by atoms with Crippen LogP contribution in [0.3, 0.4) is 0 Å². The Balaban J connectivity index is 2.42. The van der Waals surface area contributed by atoms with E-state index in [1.165, 1.54) is 6.08 Å². The molecule has 0 saturated carbocycles. The molecule has 0 fully saturated rings. The Morgan fingerprint density at radius 1 is 1.47 bits per heavy atom. The number of pyridine rings is 1. The van der Waals surface area contributed by atoms with Crippen molar-refractivity contribution in [1.82, 2.24) is 4.98 Å². The molecule has 92 valence electrons. The molecule has 0 spiro atoms. The number of carboxylic acids is 1. The summed E-state index contributed by atoms with van der Waals surface area (Å²) in [5.74, 6) is -0.390. The van der Waals surface area contributed by atoms with Gasteiger partial charge in [-0.05, 0) is 24.1 Å². The van der Waals surface area contributed by atoms with Crippen LogP contribution in [0.4, 0.5) is 0 Å². The quantitative estimate of drug-likeness (QED) is 0.583. The molecule has 1 rings (SSSR count). The lowest BCUT2D eigenvalue weighted by molar-refractivity contribution is -0.131. The van der Waals surface area contributed by atoms with Gasteiger partial charge >= 0.3 is 5.97 Å². The highest BCUT2D eigenvalue weighted by Gasteiger charge is 1.95. The van der Waals surface area contributed by atoms with E-state index < -0.39 is 5.97 Å². The van der Waals surface area contributed by atoms with Crippen LogP contribution in [0.15, 0.2) is 24.4 Å². The van der Waals surface area contributed by atoms with Crippen LogP contribution < -0.4 is 4.74 Å². The molecule has 1 aromatic rings. The normalized spacial score (nSPS) is 10.6. The van der Waals surface area contributed by atoms with Gasteiger partial charge in [-0.2, -0.15) is 0 Å². The number of aromatic nitrogens is 1. The van der Waals surface area contributed by atoms with Gasteiger partial charge in [0.15, 0.2) is 0 Å². The van der Waals surface area contributed by atoms with E-state index in [0.29, 0.717) is 12.5 Å². The summed E-state index contributed by atoms with van der Waals surface area (Å²) in [5.41, 5.74) is 0.744. The smallest absolute Gasteiger partial charge is 0.328 e. The molecule has 0 aliphatic heterocycles. The first-order valence-electron chi connectivity index (χ1n) is 5.72. The van der Waals surface area contributed by atoms with Crippen molar-refractivity contribution in [1.29, 1.82) is 0 Å². The lowest BCUT2D eigenvalue weighted by atomic mass is 10.2. The van der Waals surface area contributed by atoms with Crippen LogP contribution in [0.25, 0.3) is 6.08 Å². The summed E-state index contributed by atoms with van der Waals surface area (Å²) in [6.07, 6.45) is 7.51. The second-order valence-corrected chi connectivity index (χ2v) is 3.66. The molecule has 0 saturated heterocycles. The number of hydrogen-bond donors (Lipinski definition) is 1. The predicted octanol–water partition coefficient (Wildman–Crippen LogP) is 2.75. The molecule has 4 heteroatoms. The summed E-state index contributed by atoms with van der Waals surface area (Å²) < 4.78 is 5.44. The molecule has 0 aromatic carbocycles. The first-order valence-corrected chi connectivity index (χ1v) is 5.72. The van der Waals surface area contributed by atoms with Gasteiger partial charge in [0, 0.05) is 18.3 Å². The Morgan fingerprint density at radius 2 is 2.29 bits per heavy atom. The zero-order chi connectivity index (χ0) is 12.5. The second-order valence-electron chi connectivity index (χ2n) is 3.66.